The molecule has 0 unspecified atom stereocenters. The van der Waals surface area contributed by atoms with Gasteiger partial charge in [-0.05, 0) is 49.3 Å². The van der Waals surface area contributed by atoms with Gasteiger partial charge in [0.25, 0.3) is 5.56 Å². The standard InChI is InChI=1S/C18H18F3N5OS/c19-18(20,21)10-3-6-23-12(8-10)11-2-1-5-22-13(11)9-26-14-4-7-24-15(14)16(27)25-17(26)28/h1-2,4-5,7,10,12,23-24H,3,6,8-9H2,(H,25,27,28)/t10-,12+/m0/s1. The van der Waals surface area contributed by atoms with Crippen LogP contribution in [-0.2, 0) is 6.54 Å². The Hall–Kier alpha value is -2.46. The van der Waals surface area contributed by atoms with E-state index in [9.17, 15) is 18.0 Å². The van der Waals surface area contributed by atoms with Gasteiger partial charge < -0.3 is 14.9 Å². The van der Waals surface area contributed by atoms with Gasteiger partial charge in [0.15, 0.2) is 4.77 Å². The first-order valence-corrected chi connectivity index (χ1v) is 9.29. The van der Waals surface area contributed by atoms with Crippen LogP contribution < -0.4 is 10.9 Å². The second kappa shape index (κ2) is 7.17. The van der Waals surface area contributed by atoms with Crippen molar-refractivity contribution in [1.82, 2.24) is 24.8 Å². The molecule has 4 heterocycles. The van der Waals surface area contributed by atoms with Gasteiger partial charge in [0, 0.05) is 18.4 Å². The number of hydrogen-bond donors (Lipinski definition) is 3. The molecule has 1 saturated heterocycles. The Bertz CT molecular complexity index is 1120. The molecule has 0 radical (unpaired) electrons. The van der Waals surface area contributed by atoms with Gasteiger partial charge in [-0.15, -0.1) is 0 Å². The van der Waals surface area contributed by atoms with Crippen molar-refractivity contribution in [1.29, 1.82) is 0 Å². The topological polar surface area (TPSA) is 78.5 Å². The Kier molecular flexibility index (Phi) is 4.84. The van der Waals surface area contributed by atoms with Crippen LogP contribution in [0, 0.1) is 10.7 Å². The van der Waals surface area contributed by atoms with Crippen LogP contribution in [-0.4, -0.2) is 32.2 Å². The number of fused-ring (bicyclic) bond motifs is 1. The summed E-state index contributed by atoms with van der Waals surface area (Å²) in [7, 11) is 0. The SMILES string of the molecule is O=c1[nH]c(=S)n(Cc2ncccc2[C@H]2C[C@@H](C(F)(F)F)CCN2)c2cc[nH]c12. The number of hydrogen-bond acceptors (Lipinski definition) is 4. The maximum Gasteiger partial charge on any atom is 0.391 e. The van der Waals surface area contributed by atoms with Crippen molar-refractivity contribution in [3.05, 3.63) is 57.0 Å². The van der Waals surface area contributed by atoms with E-state index in [4.69, 9.17) is 12.2 Å². The number of aromatic amines is 2. The summed E-state index contributed by atoms with van der Waals surface area (Å²) in [6, 6.07) is 4.81. The number of halogens is 3. The number of alkyl halides is 3. The lowest BCUT2D eigenvalue weighted by atomic mass is 9.87. The van der Waals surface area contributed by atoms with E-state index in [0.717, 1.165) is 0 Å². The van der Waals surface area contributed by atoms with Gasteiger partial charge in [0.05, 0.1) is 23.7 Å². The largest absolute Gasteiger partial charge is 0.391 e. The van der Waals surface area contributed by atoms with E-state index in [1.165, 1.54) is 0 Å². The van der Waals surface area contributed by atoms with Gasteiger partial charge in [0.2, 0.25) is 0 Å². The molecule has 6 nitrogen and oxygen atoms in total. The predicted molar refractivity (Wildman–Crippen MR) is 101 cm³/mol. The first kappa shape index (κ1) is 18.9. The summed E-state index contributed by atoms with van der Waals surface area (Å²) in [6.45, 7) is 0.540. The van der Waals surface area contributed by atoms with Gasteiger partial charge in [-0.1, -0.05) is 6.07 Å². The number of H-pyrrole nitrogens is 2. The fourth-order valence-electron chi connectivity index (χ4n) is 3.76. The van der Waals surface area contributed by atoms with E-state index in [1.54, 1.807) is 35.2 Å². The number of nitrogens with zero attached hydrogens (tertiary/aromatic N) is 2. The van der Waals surface area contributed by atoms with Crippen LogP contribution in [0.25, 0.3) is 11.0 Å². The number of piperidine rings is 1. The molecule has 3 aromatic rings. The van der Waals surface area contributed by atoms with Crippen LogP contribution in [0.3, 0.4) is 0 Å². The monoisotopic (exact) mass is 409 g/mol. The number of nitrogens with one attached hydrogen (secondary N) is 3. The lowest BCUT2D eigenvalue weighted by molar-refractivity contribution is -0.183. The van der Waals surface area contributed by atoms with E-state index < -0.39 is 18.1 Å². The van der Waals surface area contributed by atoms with Crippen LogP contribution in [0.4, 0.5) is 13.2 Å². The second-order valence-electron chi connectivity index (χ2n) is 6.89. The summed E-state index contributed by atoms with van der Waals surface area (Å²) >= 11 is 5.30. The summed E-state index contributed by atoms with van der Waals surface area (Å²) in [5.41, 5.74) is 2.03. The number of rotatable bonds is 3. The summed E-state index contributed by atoms with van der Waals surface area (Å²) in [4.78, 5) is 21.9. The second-order valence-corrected chi connectivity index (χ2v) is 7.28. The molecule has 0 aliphatic carbocycles. The fraction of sp³-hybridized carbons (Fsp3) is 0.389. The summed E-state index contributed by atoms with van der Waals surface area (Å²) in [5, 5.41) is 3.18. The molecule has 0 saturated carbocycles. The Labute approximate surface area is 162 Å². The van der Waals surface area contributed by atoms with E-state index in [0.29, 0.717) is 28.8 Å². The molecule has 148 valence electrons. The number of aromatic nitrogens is 4. The Balaban J connectivity index is 1.71. The third kappa shape index (κ3) is 3.49. The highest BCUT2D eigenvalue weighted by molar-refractivity contribution is 7.71. The molecule has 2 atom stereocenters. The molecule has 28 heavy (non-hydrogen) atoms. The van der Waals surface area contributed by atoms with Crippen molar-refractivity contribution in [2.45, 2.75) is 31.6 Å². The maximum atomic E-state index is 13.2. The van der Waals surface area contributed by atoms with E-state index in [-0.39, 0.29) is 29.7 Å². The summed E-state index contributed by atoms with van der Waals surface area (Å²) in [5.74, 6) is -1.33. The van der Waals surface area contributed by atoms with Gasteiger partial charge in [-0.3, -0.25) is 14.8 Å². The van der Waals surface area contributed by atoms with Gasteiger partial charge in [-0.2, -0.15) is 13.2 Å². The zero-order valence-electron chi connectivity index (χ0n) is 14.7. The third-order valence-electron chi connectivity index (χ3n) is 5.18. The molecule has 10 heteroatoms. The van der Waals surface area contributed by atoms with Crippen LogP contribution in [0.15, 0.2) is 35.4 Å². The fourth-order valence-corrected chi connectivity index (χ4v) is 4.02. The molecule has 4 rings (SSSR count). The van der Waals surface area contributed by atoms with E-state index in [2.05, 4.69) is 20.3 Å². The van der Waals surface area contributed by atoms with Crippen molar-refractivity contribution in [3.8, 4) is 0 Å². The average molecular weight is 409 g/mol. The molecule has 1 aliphatic heterocycles. The predicted octanol–water partition coefficient (Wildman–Crippen LogP) is 3.43. The highest BCUT2D eigenvalue weighted by Crippen LogP contribution is 2.38. The summed E-state index contributed by atoms with van der Waals surface area (Å²) < 4.78 is 41.6. The van der Waals surface area contributed by atoms with Gasteiger partial charge in [-0.25, -0.2) is 0 Å². The molecule has 0 spiro atoms. The zero-order chi connectivity index (χ0) is 19.9. The van der Waals surface area contributed by atoms with Crippen molar-refractivity contribution in [2.75, 3.05) is 6.54 Å². The molecule has 3 N–H and O–H groups in total. The molecule has 1 fully saturated rings. The van der Waals surface area contributed by atoms with Crippen LogP contribution in [0.1, 0.15) is 30.1 Å². The zero-order valence-corrected chi connectivity index (χ0v) is 15.5. The molecule has 0 amide bonds. The molecular formula is C18H18F3N5OS. The van der Waals surface area contributed by atoms with Gasteiger partial charge in [0.1, 0.15) is 5.52 Å². The molecule has 3 aromatic heterocycles. The molecule has 0 aromatic carbocycles. The lowest BCUT2D eigenvalue weighted by Crippen LogP contribution is -2.38. The Morgan fingerprint density at radius 3 is 2.93 bits per heavy atom. The van der Waals surface area contributed by atoms with Crippen LogP contribution in [0.5, 0.6) is 0 Å². The first-order chi connectivity index (χ1) is 13.3. The Morgan fingerprint density at radius 2 is 2.14 bits per heavy atom. The van der Waals surface area contributed by atoms with E-state index in [1.807, 2.05) is 0 Å². The quantitative estimate of drug-likeness (QED) is 0.579. The van der Waals surface area contributed by atoms with Crippen molar-refractivity contribution in [3.63, 3.8) is 0 Å². The average Bonchev–Trinajstić information content (AvgIpc) is 3.15. The van der Waals surface area contributed by atoms with Crippen LogP contribution >= 0.6 is 12.2 Å². The highest BCUT2D eigenvalue weighted by atomic mass is 32.1. The van der Waals surface area contributed by atoms with Gasteiger partial charge >= 0.3 is 6.18 Å². The minimum absolute atomic E-state index is 0.0290. The highest BCUT2D eigenvalue weighted by Gasteiger charge is 2.42. The van der Waals surface area contributed by atoms with Crippen LogP contribution in [0.2, 0.25) is 0 Å². The normalized spacial score (nSPS) is 20.5. The summed E-state index contributed by atoms with van der Waals surface area (Å²) in [6.07, 6.45) is -0.918. The maximum absolute atomic E-state index is 13.2. The van der Waals surface area contributed by atoms with Crippen molar-refractivity contribution >= 4 is 23.3 Å². The minimum Gasteiger partial charge on any atom is -0.355 e. The molecule has 0 bridgehead atoms. The van der Waals surface area contributed by atoms with E-state index >= 15 is 0 Å². The Morgan fingerprint density at radius 1 is 1.32 bits per heavy atom. The van der Waals surface area contributed by atoms with Crippen molar-refractivity contribution < 1.29 is 13.2 Å². The molecule has 1 aliphatic rings. The number of pyridine rings is 1. The lowest BCUT2D eigenvalue weighted by Gasteiger charge is -2.32. The first-order valence-electron chi connectivity index (χ1n) is 8.88. The smallest absolute Gasteiger partial charge is 0.355 e. The molecular weight excluding hydrogens is 391 g/mol. The van der Waals surface area contributed by atoms with Crippen molar-refractivity contribution in [2.24, 2.45) is 5.92 Å². The third-order valence-corrected chi connectivity index (χ3v) is 5.51. The minimum atomic E-state index is -4.21.